The predicted molar refractivity (Wildman–Crippen MR) is 51.4 cm³/mol. The fraction of sp³-hybridized carbons (Fsp3) is 0. The van der Waals surface area contributed by atoms with Crippen LogP contribution >= 0.6 is 0 Å². The minimum Gasteiger partial charge on any atom is -0.545 e. The van der Waals surface area contributed by atoms with Crippen LogP contribution in [0.15, 0.2) is 24.3 Å². The molecule has 0 aliphatic carbocycles. The van der Waals surface area contributed by atoms with Crippen molar-refractivity contribution >= 4 is 35.0 Å². The van der Waals surface area contributed by atoms with Gasteiger partial charge in [-0.1, -0.05) is 24.3 Å². The minimum atomic E-state index is -1.52. The first-order chi connectivity index (χ1) is 7.54. The zero-order valence-corrected chi connectivity index (χ0v) is 10.0. The summed E-state index contributed by atoms with van der Waals surface area (Å²) in [7, 11) is 0. The number of benzene rings is 1. The number of nitrogens with two attached hydrogens (primary N) is 2. The minimum absolute atomic E-state index is 0. The molecule has 1 aromatic carbocycles. The van der Waals surface area contributed by atoms with E-state index in [-0.39, 0.29) is 34.2 Å². The number of rotatable bonds is 3. The van der Waals surface area contributed by atoms with Crippen LogP contribution in [0.1, 0.15) is 20.7 Å². The van der Waals surface area contributed by atoms with Gasteiger partial charge >= 0.3 is 23.1 Å². The van der Waals surface area contributed by atoms with Crippen molar-refractivity contribution in [2.75, 3.05) is 0 Å². The Morgan fingerprint density at radius 1 is 0.941 bits per heavy atom. The van der Waals surface area contributed by atoms with E-state index in [0.29, 0.717) is 0 Å². The molecule has 0 atom stereocenters. The maximum absolute atomic E-state index is 10.3. The van der Waals surface area contributed by atoms with Crippen molar-refractivity contribution in [2.24, 2.45) is 11.8 Å². The van der Waals surface area contributed by atoms with Crippen molar-refractivity contribution in [1.29, 1.82) is 0 Å². The molecule has 0 aliphatic heterocycles. The second-order valence-electron chi connectivity index (χ2n) is 2.31. The first kappa shape index (κ1) is 18.1. The van der Waals surface area contributed by atoms with Crippen LogP contribution in [-0.2, 0) is 9.98 Å². The van der Waals surface area contributed by atoms with Gasteiger partial charge in [0.05, 0.1) is 11.9 Å². The summed E-state index contributed by atoms with van der Waals surface area (Å²) in [5.74, 6) is 5.32. The Morgan fingerprint density at radius 3 is 1.41 bits per heavy atom. The molecule has 0 amide bonds. The summed E-state index contributed by atoms with van der Waals surface area (Å²) < 4.78 is 0. The summed E-state index contributed by atoms with van der Waals surface area (Å²) >= 11 is 0. The van der Waals surface area contributed by atoms with Crippen molar-refractivity contribution in [3.8, 4) is 0 Å². The molecular weight excluding hydrogens is 244 g/mol. The molecule has 1 rings (SSSR count). The van der Waals surface area contributed by atoms with Gasteiger partial charge in [-0.25, -0.2) is 0 Å². The number of carbonyl (C=O) groups is 2. The quantitative estimate of drug-likeness (QED) is 0.323. The zero-order valence-electron chi connectivity index (χ0n) is 8.62. The molecule has 1 aromatic rings. The number of carboxylic acids is 2. The van der Waals surface area contributed by atoms with E-state index < -0.39 is 11.9 Å². The van der Waals surface area contributed by atoms with Gasteiger partial charge in [0.2, 0.25) is 0 Å². The summed E-state index contributed by atoms with van der Waals surface area (Å²) in [6, 6.07) is 5.14. The Bertz CT molecular complexity index is 338. The van der Waals surface area contributed by atoms with Crippen LogP contribution in [0.4, 0.5) is 0 Å². The zero-order chi connectivity index (χ0) is 12.6. The summed E-state index contributed by atoms with van der Waals surface area (Å²) in [6.45, 7) is 0. The number of aromatic carboxylic acids is 2. The molecule has 0 heterocycles. The average molecular weight is 252 g/mol. The molecule has 0 aromatic heterocycles. The molecule has 0 aliphatic rings. The van der Waals surface area contributed by atoms with Gasteiger partial charge in [-0.15, -0.1) is 9.98 Å². The van der Waals surface area contributed by atoms with E-state index in [0.717, 1.165) is 12.1 Å². The Morgan fingerprint density at radius 2 is 1.24 bits per heavy atom. The normalized spacial score (nSPS) is 8.35. The fourth-order valence-electron chi connectivity index (χ4n) is 0.839. The van der Waals surface area contributed by atoms with E-state index in [2.05, 4.69) is 21.8 Å². The van der Waals surface area contributed by atoms with Crippen LogP contribution in [0.25, 0.3) is 0 Å². The Hall–Kier alpha value is -1.23. The van der Waals surface area contributed by atoms with Crippen LogP contribution < -0.4 is 22.0 Å². The van der Waals surface area contributed by atoms with Gasteiger partial charge in [0.15, 0.2) is 0 Å². The van der Waals surface area contributed by atoms with Crippen LogP contribution in [0.3, 0.4) is 0 Å². The molecule has 0 bridgehead atoms. The van der Waals surface area contributed by atoms with Gasteiger partial charge < -0.3 is 19.8 Å². The third kappa shape index (κ3) is 6.83. The Balaban J connectivity index is 0. The molecule has 8 nitrogen and oxygen atoms in total. The van der Waals surface area contributed by atoms with Gasteiger partial charge in [-0.3, -0.25) is 0 Å². The first-order valence-electron chi connectivity index (χ1n) is 3.78. The standard InChI is InChI=1S/C8H6O4.Mg.H4N2O2/c9-7(10)5-3-1-2-4-6(5)8(11)12;;1-3-4-2/h1-4H,(H,9,10)(H,11,12);;1-2H2/q;+2;/p-2. The van der Waals surface area contributed by atoms with Crippen LogP contribution in [0.2, 0.25) is 0 Å². The maximum atomic E-state index is 10.3. The molecule has 0 saturated carbocycles. The largest absolute Gasteiger partial charge is 2.00 e. The topological polar surface area (TPSA) is 151 Å². The smallest absolute Gasteiger partial charge is 0.545 e. The second kappa shape index (κ2) is 9.95. The van der Waals surface area contributed by atoms with E-state index in [4.69, 9.17) is 0 Å². The molecule has 17 heavy (non-hydrogen) atoms. The fourth-order valence-corrected chi connectivity index (χ4v) is 0.839. The van der Waals surface area contributed by atoms with Gasteiger partial charge in [0, 0.05) is 11.1 Å². The second-order valence-corrected chi connectivity index (χ2v) is 2.31. The monoisotopic (exact) mass is 252 g/mol. The van der Waals surface area contributed by atoms with Crippen LogP contribution in [0, 0.1) is 0 Å². The Kier molecular flexibility index (Phi) is 10.6. The van der Waals surface area contributed by atoms with Crippen molar-refractivity contribution < 1.29 is 29.8 Å². The maximum Gasteiger partial charge on any atom is 2.00 e. The molecular formula is C8H8MgN2O6. The Labute approximate surface area is 112 Å². The number of hydrogen-bond donors (Lipinski definition) is 2. The van der Waals surface area contributed by atoms with E-state index in [1.165, 1.54) is 12.1 Å². The molecule has 0 spiro atoms. The summed E-state index contributed by atoms with van der Waals surface area (Å²) in [5, 5.41) is 20.6. The van der Waals surface area contributed by atoms with Crippen LogP contribution in [0.5, 0.6) is 0 Å². The molecule has 9 heteroatoms. The van der Waals surface area contributed by atoms with Crippen molar-refractivity contribution in [3.05, 3.63) is 35.4 Å². The summed E-state index contributed by atoms with van der Waals surface area (Å²) in [6.07, 6.45) is 0. The predicted octanol–water partition coefficient (Wildman–Crippen LogP) is -3.29. The SMILES string of the molecule is NOON.O=C([O-])c1ccccc1C(=O)[O-].[Mg+2]. The van der Waals surface area contributed by atoms with Crippen molar-refractivity contribution in [3.63, 3.8) is 0 Å². The van der Waals surface area contributed by atoms with E-state index >= 15 is 0 Å². The molecule has 0 fully saturated rings. The van der Waals surface area contributed by atoms with Gasteiger partial charge in [-0.05, 0) is 0 Å². The molecule has 0 saturated heterocycles. The van der Waals surface area contributed by atoms with Crippen molar-refractivity contribution in [1.82, 2.24) is 0 Å². The third-order valence-corrected chi connectivity index (χ3v) is 1.42. The van der Waals surface area contributed by atoms with E-state index in [1.54, 1.807) is 0 Å². The molecule has 0 radical (unpaired) electrons. The number of carbonyl (C=O) groups excluding carboxylic acids is 2. The van der Waals surface area contributed by atoms with E-state index in [9.17, 15) is 19.8 Å². The number of carboxylic acid groups (broad SMARTS) is 2. The number of hydrogen-bond acceptors (Lipinski definition) is 8. The van der Waals surface area contributed by atoms with Gasteiger partial charge in [0.1, 0.15) is 0 Å². The first-order valence-corrected chi connectivity index (χ1v) is 3.78. The van der Waals surface area contributed by atoms with E-state index in [1.807, 2.05) is 0 Å². The van der Waals surface area contributed by atoms with Crippen LogP contribution in [-0.4, -0.2) is 35.0 Å². The summed E-state index contributed by atoms with van der Waals surface area (Å²) in [5.41, 5.74) is -0.727. The van der Waals surface area contributed by atoms with Crippen molar-refractivity contribution in [2.45, 2.75) is 0 Å². The molecule has 88 valence electrons. The molecule has 0 unspecified atom stereocenters. The molecule has 4 N–H and O–H groups in total. The van der Waals surface area contributed by atoms with Gasteiger partial charge in [0.25, 0.3) is 0 Å². The van der Waals surface area contributed by atoms with Gasteiger partial charge in [-0.2, -0.15) is 11.8 Å². The third-order valence-electron chi connectivity index (χ3n) is 1.42. The average Bonchev–Trinajstić information content (AvgIpc) is 2.29. The summed E-state index contributed by atoms with van der Waals surface area (Å²) in [4.78, 5) is 27.3.